The lowest BCUT2D eigenvalue weighted by atomic mass is 10.2. The van der Waals surface area contributed by atoms with Crippen molar-refractivity contribution in [2.75, 3.05) is 6.54 Å². The highest BCUT2D eigenvalue weighted by Gasteiger charge is 2.13. The van der Waals surface area contributed by atoms with E-state index < -0.39 is 6.10 Å². The van der Waals surface area contributed by atoms with E-state index >= 15 is 0 Å². The molecule has 0 aliphatic carbocycles. The monoisotopic (exact) mass is 160 g/mol. The number of carbonyl (C=O) groups is 1. The molecule has 4 heteroatoms. The maximum atomic E-state index is 10.9. The summed E-state index contributed by atoms with van der Waals surface area (Å²) in [7, 11) is 0. The topological polar surface area (TPSA) is 75.3 Å². The van der Waals surface area contributed by atoms with Crippen molar-refractivity contribution in [3.63, 3.8) is 0 Å². The third-order valence-corrected chi connectivity index (χ3v) is 1.17. The van der Waals surface area contributed by atoms with Gasteiger partial charge in [-0.2, -0.15) is 0 Å². The third-order valence-electron chi connectivity index (χ3n) is 1.17. The molecule has 0 rings (SSSR count). The predicted octanol–water partition coefficient (Wildman–Crippen LogP) is -0.779. The van der Waals surface area contributed by atoms with E-state index in [1.165, 1.54) is 0 Å². The van der Waals surface area contributed by atoms with Crippen molar-refractivity contribution in [1.82, 2.24) is 5.32 Å². The molecule has 0 saturated carbocycles. The highest BCUT2D eigenvalue weighted by atomic mass is 16.3. The summed E-state index contributed by atoms with van der Waals surface area (Å²) in [5.41, 5.74) is 5.16. The Bertz CT molecular complexity index is 126. The van der Waals surface area contributed by atoms with Gasteiger partial charge in [0.05, 0.1) is 0 Å². The van der Waals surface area contributed by atoms with Gasteiger partial charge in [0.15, 0.2) is 0 Å². The number of aliphatic hydroxyl groups excluding tert-OH is 1. The van der Waals surface area contributed by atoms with Crippen LogP contribution in [-0.4, -0.2) is 29.7 Å². The highest BCUT2D eigenvalue weighted by molar-refractivity contribution is 5.80. The number of amides is 1. The molecule has 0 aliphatic heterocycles. The molecule has 4 nitrogen and oxygen atoms in total. The molecule has 0 spiro atoms. The Labute approximate surface area is 66.8 Å². The second-order valence-electron chi connectivity index (χ2n) is 2.76. The van der Waals surface area contributed by atoms with Crippen LogP contribution in [0.2, 0.25) is 0 Å². The standard InChI is InChI=1S/C7H16N2O2/c1-5(2)9-7(11)6(10)3-4-8/h5-6,10H,3-4,8H2,1-2H3,(H,9,11). The molecule has 0 heterocycles. The van der Waals surface area contributed by atoms with E-state index in [9.17, 15) is 4.79 Å². The largest absolute Gasteiger partial charge is 0.383 e. The maximum absolute atomic E-state index is 10.9. The fourth-order valence-electron chi connectivity index (χ4n) is 0.670. The van der Waals surface area contributed by atoms with Gasteiger partial charge in [-0.25, -0.2) is 0 Å². The third kappa shape index (κ3) is 4.75. The quantitative estimate of drug-likeness (QED) is 0.505. The fraction of sp³-hybridized carbons (Fsp3) is 0.857. The minimum atomic E-state index is -0.956. The first-order chi connectivity index (χ1) is 5.07. The van der Waals surface area contributed by atoms with Gasteiger partial charge in [0.1, 0.15) is 6.10 Å². The number of hydrogen-bond acceptors (Lipinski definition) is 3. The van der Waals surface area contributed by atoms with Crippen molar-refractivity contribution in [1.29, 1.82) is 0 Å². The first-order valence-electron chi connectivity index (χ1n) is 3.76. The molecule has 0 aromatic heterocycles. The fourth-order valence-corrected chi connectivity index (χ4v) is 0.670. The molecule has 4 N–H and O–H groups in total. The Morgan fingerprint density at radius 2 is 2.18 bits per heavy atom. The predicted molar refractivity (Wildman–Crippen MR) is 43.0 cm³/mol. The Morgan fingerprint density at radius 3 is 2.55 bits per heavy atom. The van der Waals surface area contributed by atoms with Crippen LogP contribution in [0.3, 0.4) is 0 Å². The number of nitrogens with one attached hydrogen (secondary N) is 1. The van der Waals surface area contributed by atoms with E-state index in [1.54, 1.807) is 0 Å². The SMILES string of the molecule is CC(C)NC(=O)C(O)CCN. The summed E-state index contributed by atoms with van der Waals surface area (Å²) in [5, 5.41) is 11.7. The Hall–Kier alpha value is -0.610. The molecule has 0 aliphatic rings. The molecule has 11 heavy (non-hydrogen) atoms. The summed E-state index contributed by atoms with van der Waals surface area (Å²) in [5.74, 6) is -0.342. The molecule has 1 unspecified atom stereocenters. The molecule has 1 atom stereocenters. The minimum absolute atomic E-state index is 0.0647. The van der Waals surface area contributed by atoms with Crippen LogP contribution in [0, 0.1) is 0 Å². The van der Waals surface area contributed by atoms with E-state index in [1.807, 2.05) is 13.8 Å². The van der Waals surface area contributed by atoms with Gasteiger partial charge in [-0.1, -0.05) is 0 Å². The molecule has 0 saturated heterocycles. The second-order valence-corrected chi connectivity index (χ2v) is 2.76. The van der Waals surface area contributed by atoms with Crippen molar-refractivity contribution < 1.29 is 9.90 Å². The van der Waals surface area contributed by atoms with Crippen molar-refractivity contribution in [3.8, 4) is 0 Å². The van der Waals surface area contributed by atoms with Crippen LogP contribution in [0.1, 0.15) is 20.3 Å². The Kier molecular flexibility index (Phi) is 4.81. The normalized spacial score (nSPS) is 13.2. The molecule has 0 fully saturated rings. The lowest BCUT2D eigenvalue weighted by Crippen LogP contribution is -2.39. The zero-order valence-corrected chi connectivity index (χ0v) is 7.00. The number of nitrogens with two attached hydrogens (primary N) is 1. The average Bonchev–Trinajstić information content (AvgIpc) is 1.86. The zero-order valence-electron chi connectivity index (χ0n) is 7.00. The number of carbonyl (C=O) groups excluding carboxylic acids is 1. The summed E-state index contributed by atoms with van der Waals surface area (Å²) in [6, 6.07) is 0.0647. The first kappa shape index (κ1) is 10.4. The molecule has 0 radical (unpaired) electrons. The van der Waals surface area contributed by atoms with Crippen LogP contribution in [0.5, 0.6) is 0 Å². The molecule has 0 aromatic rings. The lowest BCUT2D eigenvalue weighted by Gasteiger charge is -2.12. The average molecular weight is 160 g/mol. The molecule has 1 amide bonds. The van der Waals surface area contributed by atoms with Gasteiger partial charge in [0.2, 0.25) is 5.91 Å². The Morgan fingerprint density at radius 1 is 1.64 bits per heavy atom. The summed E-state index contributed by atoms with van der Waals surface area (Å²) >= 11 is 0. The van der Waals surface area contributed by atoms with Crippen molar-refractivity contribution in [3.05, 3.63) is 0 Å². The molecule has 0 aromatic carbocycles. The highest BCUT2D eigenvalue weighted by Crippen LogP contribution is 1.90. The number of rotatable bonds is 4. The summed E-state index contributed by atoms with van der Waals surface area (Å²) < 4.78 is 0. The van der Waals surface area contributed by atoms with Crippen LogP contribution in [0.15, 0.2) is 0 Å². The van der Waals surface area contributed by atoms with E-state index in [-0.39, 0.29) is 11.9 Å². The summed E-state index contributed by atoms with van der Waals surface area (Å²) in [4.78, 5) is 10.9. The van der Waals surface area contributed by atoms with E-state index in [2.05, 4.69) is 5.32 Å². The molecular weight excluding hydrogens is 144 g/mol. The second kappa shape index (κ2) is 5.09. The maximum Gasteiger partial charge on any atom is 0.249 e. The lowest BCUT2D eigenvalue weighted by molar-refractivity contribution is -0.130. The van der Waals surface area contributed by atoms with Crippen LogP contribution < -0.4 is 11.1 Å². The van der Waals surface area contributed by atoms with Crippen molar-refractivity contribution in [2.45, 2.75) is 32.4 Å². The number of hydrogen-bond donors (Lipinski definition) is 3. The van der Waals surface area contributed by atoms with Gasteiger partial charge in [-0.3, -0.25) is 4.79 Å². The van der Waals surface area contributed by atoms with Gasteiger partial charge in [0.25, 0.3) is 0 Å². The first-order valence-corrected chi connectivity index (χ1v) is 3.76. The van der Waals surface area contributed by atoms with Crippen LogP contribution in [-0.2, 0) is 4.79 Å². The smallest absolute Gasteiger partial charge is 0.249 e. The van der Waals surface area contributed by atoms with E-state index in [0.717, 1.165) is 0 Å². The zero-order chi connectivity index (χ0) is 8.85. The van der Waals surface area contributed by atoms with Crippen molar-refractivity contribution in [2.24, 2.45) is 5.73 Å². The van der Waals surface area contributed by atoms with Gasteiger partial charge < -0.3 is 16.2 Å². The molecule has 66 valence electrons. The van der Waals surface area contributed by atoms with Crippen molar-refractivity contribution >= 4 is 5.91 Å². The van der Waals surface area contributed by atoms with Gasteiger partial charge >= 0.3 is 0 Å². The van der Waals surface area contributed by atoms with Crippen LogP contribution >= 0.6 is 0 Å². The van der Waals surface area contributed by atoms with Crippen LogP contribution in [0.25, 0.3) is 0 Å². The summed E-state index contributed by atoms with van der Waals surface area (Å²) in [6.45, 7) is 4.01. The van der Waals surface area contributed by atoms with Gasteiger partial charge in [0, 0.05) is 6.04 Å². The van der Waals surface area contributed by atoms with Gasteiger partial charge in [-0.05, 0) is 26.8 Å². The summed E-state index contributed by atoms with van der Waals surface area (Å²) in [6.07, 6.45) is -0.638. The molecular formula is C7H16N2O2. The minimum Gasteiger partial charge on any atom is -0.383 e. The van der Waals surface area contributed by atoms with E-state index in [0.29, 0.717) is 13.0 Å². The Balaban J connectivity index is 3.64. The van der Waals surface area contributed by atoms with Gasteiger partial charge in [-0.15, -0.1) is 0 Å². The number of aliphatic hydroxyl groups is 1. The van der Waals surface area contributed by atoms with E-state index in [4.69, 9.17) is 10.8 Å². The molecule has 0 bridgehead atoms. The van der Waals surface area contributed by atoms with Crippen LogP contribution in [0.4, 0.5) is 0 Å².